The van der Waals surface area contributed by atoms with Crippen LogP contribution in [0.3, 0.4) is 0 Å². The molecule has 0 atom stereocenters. The number of furan rings is 1. The van der Waals surface area contributed by atoms with Crippen molar-refractivity contribution in [3.8, 4) is 0 Å². The molecular formula is C10H9O. The fraction of sp³-hybridized carbons (Fsp3) is 0.200. The first-order chi connectivity index (χ1) is 5.29. The fourth-order valence-corrected chi connectivity index (χ4v) is 1.22. The predicted octanol–water partition coefficient (Wildman–Crippen LogP) is 2.85. The molecule has 0 unspecified atom stereocenters. The van der Waals surface area contributed by atoms with Crippen LogP contribution in [0.4, 0.5) is 0 Å². The average Bonchev–Trinajstić information content (AvgIpc) is 2.30. The highest BCUT2D eigenvalue weighted by molar-refractivity contribution is 5.81. The van der Waals surface area contributed by atoms with Crippen LogP contribution in [-0.4, -0.2) is 0 Å². The Morgan fingerprint density at radius 2 is 2.18 bits per heavy atom. The first-order valence-corrected chi connectivity index (χ1v) is 3.65. The zero-order chi connectivity index (χ0) is 7.84. The van der Waals surface area contributed by atoms with Crippen LogP contribution in [0.15, 0.2) is 22.6 Å². The molecule has 55 valence electrons. The molecule has 0 saturated carbocycles. The van der Waals surface area contributed by atoms with E-state index in [2.05, 4.69) is 13.0 Å². The molecule has 11 heavy (non-hydrogen) atoms. The van der Waals surface area contributed by atoms with Gasteiger partial charge in [-0.2, -0.15) is 0 Å². The molecule has 1 radical (unpaired) electrons. The Balaban J connectivity index is 2.92. The lowest BCUT2D eigenvalue weighted by Crippen LogP contribution is -1.69. The SMILES string of the molecule is Cc1oc2ccc[c]c2c1C. The summed E-state index contributed by atoms with van der Waals surface area (Å²) in [5.74, 6) is 0.988. The number of aryl methyl sites for hydroxylation is 2. The van der Waals surface area contributed by atoms with Gasteiger partial charge in [0.1, 0.15) is 11.3 Å². The van der Waals surface area contributed by atoms with Crippen molar-refractivity contribution in [3.63, 3.8) is 0 Å². The maximum atomic E-state index is 5.47. The highest BCUT2D eigenvalue weighted by Crippen LogP contribution is 2.22. The molecule has 0 saturated heterocycles. The monoisotopic (exact) mass is 145 g/mol. The van der Waals surface area contributed by atoms with Gasteiger partial charge in [-0.25, -0.2) is 0 Å². The van der Waals surface area contributed by atoms with Gasteiger partial charge in [0.2, 0.25) is 0 Å². The van der Waals surface area contributed by atoms with E-state index in [0.29, 0.717) is 0 Å². The zero-order valence-corrected chi connectivity index (χ0v) is 6.64. The quantitative estimate of drug-likeness (QED) is 0.555. The number of fused-ring (bicyclic) bond motifs is 1. The second kappa shape index (κ2) is 2.12. The largest absolute Gasteiger partial charge is 0.461 e. The molecule has 1 heteroatoms. The Kier molecular flexibility index (Phi) is 1.25. The minimum atomic E-state index is 0.933. The van der Waals surface area contributed by atoms with Crippen LogP contribution in [0.2, 0.25) is 0 Å². The highest BCUT2D eigenvalue weighted by atomic mass is 16.3. The minimum Gasteiger partial charge on any atom is -0.461 e. The molecule has 0 N–H and O–H groups in total. The van der Waals surface area contributed by atoms with Crippen molar-refractivity contribution in [1.82, 2.24) is 0 Å². The lowest BCUT2D eigenvalue weighted by atomic mass is 10.2. The number of benzene rings is 1. The maximum absolute atomic E-state index is 5.47. The molecule has 1 heterocycles. The Morgan fingerprint density at radius 3 is 2.91 bits per heavy atom. The van der Waals surface area contributed by atoms with Gasteiger partial charge < -0.3 is 4.42 Å². The predicted molar refractivity (Wildman–Crippen MR) is 44.5 cm³/mol. The lowest BCUT2D eigenvalue weighted by molar-refractivity contribution is 0.575. The Morgan fingerprint density at radius 1 is 1.36 bits per heavy atom. The Hall–Kier alpha value is -1.24. The van der Waals surface area contributed by atoms with Gasteiger partial charge in [-0.1, -0.05) is 12.1 Å². The second-order valence-electron chi connectivity index (χ2n) is 2.69. The van der Waals surface area contributed by atoms with Gasteiger partial charge in [0, 0.05) is 5.39 Å². The average molecular weight is 145 g/mol. The van der Waals surface area contributed by atoms with E-state index in [1.165, 1.54) is 5.56 Å². The molecule has 2 aromatic rings. The third-order valence-corrected chi connectivity index (χ3v) is 1.98. The number of rotatable bonds is 0. The van der Waals surface area contributed by atoms with Gasteiger partial charge >= 0.3 is 0 Å². The first-order valence-electron chi connectivity index (χ1n) is 3.65. The molecule has 1 aromatic heterocycles. The summed E-state index contributed by atoms with van der Waals surface area (Å²) in [5, 5.41) is 1.10. The summed E-state index contributed by atoms with van der Waals surface area (Å²) in [6.07, 6.45) is 0. The van der Waals surface area contributed by atoms with Crippen molar-refractivity contribution in [2.24, 2.45) is 0 Å². The summed E-state index contributed by atoms with van der Waals surface area (Å²) < 4.78 is 5.47. The smallest absolute Gasteiger partial charge is 0.135 e. The van der Waals surface area contributed by atoms with Crippen molar-refractivity contribution >= 4 is 11.0 Å². The van der Waals surface area contributed by atoms with Gasteiger partial charge in [0.15, 0.2) is 0 Å². The van der Waals surface area contributed by atoms with Crippen LogP contribution in [0.1, 0.15) is 11.3 Å². The maximum Gasteiger partial charge on any atom is 0.135 e. The molecule has 0 spiro atoms. The van der Waals surface area contributed by atoms with Crippen LogP contribution in [-0.2, 0) is 0 Å². The first kappa shape index (κ1) is 6.47. The Labute approximate surface area is 65.6 Å². The van der Waals surface area contributed by atoms with E-state index in [0.717, 1.165) is 16.7 Å². The van der Waals surface area contributed by atoms with Crippen molar-refractivity contribution in [2.45, 2.75) is 13.8 Å². The zero-order valence-electron chi connectivity index (χ0n) is 6.64. The highest BCUT2D eigenvalue weighted by Gasteiger charge is 2.03. The molecule has 0 bridgehead atoms. The molecule has 0 aliphatic carbocycles. The second-order valence-corrected chi connectivity index (χ2v) is 2.69. The van der Waals surface area contributed by atoms with Crippen LogP contribution in [0, 0.1) is 19.9 Å². The van der Waals surface area contributed by atoms with Crippen LogP contribution in [0.25, 0.3) is 11.0 Å². The van der Waals surface area contributed by atoms with E-state index >= 15 is 0 Å². The third-order valence-electron chi connectivity index (χ3n) is 1.98. The fourth-order valence-electron chi connectivity index (χ4n) is 1.22. The van der Waals surface area contributed by atoms with Gasteiger partial charge in [0.05, 0.1) is 0 Å². The van der Waals surface area contributed by atoms with Gasteiger partial charge in [-0.15, -0.1) is 0 Å². The van der Waals surface area contributed by atoms with E-state index < -0.39 is 0 Å². The normalized spacial score (nSPS) is 10.7. The molecule has 2 rings (SSSR count). The van der Waals surface area contributed by atoms with Crippen molar-refractivity contribution < 1.29 is 4.42 Å². The Bertz CT molecular complexity index is 385. The minimum absolute atomic E-state index is 0.933. The van der Waals surface area contributed by atoms with E-state index in [-0.39, 0.29) is 0 Å². The van der Waals surface area contributed by atoms with Gasteiger partial charge in [-0.05, 0) is 31.5 Å². The van der Waals surface area contributed by atoms with Gasteiger partial charge in [0.25, 0.3) is 0 Å². The molecule has 1 aromatic carbocycles. The lowest BCUT2D eigenvalue weighted by Gasteiger charge is -1.84. The standard InChI is InChI=1S/C10H9O/c1-7-8(2)11-10-6-4-3-5-9(7)10/h3-4,6H,1-2H3. The molecule has 0 fully saturated rings. The summed E-state index contributed by atoms with van der Waals surface area (Å²) >= 11 is 0. The van der Waals surface area contributed by atoms with Crippen LogP contribution < -0.4 is 0 Å². The van der Waals surface area contributed by atoms with Crippen LogP contribution >= 0.6 is 0 Å². The summed E-state index contributed by atoms with van der Waals surface area (Å²) in [4.78, 5) is 0. The molecule has 0 aliphatic rings. The summed E-state index contributed by atoms with van der Waals surface area (Å²) in [6, 6.07) is 8.95. The number of hydrogen-bond acceptors (Lipinski definition) is 1. The third kappa shape index (κ3) is 0.845. The van der Waals surface area contributed by atoms with Crippen LogP contribution in [0.5, 0.6) is 0 Å². The van der Waals surface area contributed by atoms with E-state index in [9.17, 15) is 0 Å². The van der Waals surface area contributed by atoms with Gasteiger partial charge in [-0.3, -0.25) is 0 Å². The molecule has 0 amide bonds. The summed E-state index contributed by atoms with van der Waals surface area (Å²) in [6.45, 7) is 4.03. The summed E-state index contributed by atoms with van der Waals surface area (Å²) in [7, 11) is 0. The van der Waals surface area contributed by atoms with E-state index in [1.54, 1.807) is 0 Å². The molecule has 0 aliphatic heterocycles. The van der Waals surface area contributed by atoms with Crippen molar-refractivity contribution in [2.75, 3.05) is 0 Å². The topological polar surface area (TPSA) is 13.1 Å². The van der Waals surface area contributed by atoms with E-state index in [1.807, 2.05) is 25.1 Å². The molecule has 1 nitrogen and oxygen atoms in total. The van der Waals surface area contributed by atoms with Crippen molar-refractivity contribution in [1.29, 1.82) is 0 Å². The van der Waals surface area contributed by atoms with Crippen molar-refractivity contribution in [3.05, 3.63) is 35.6 Å². The summed E-state index contributed by atoms with van der Waals surface area (Å²) in [5.41, 5.74) is 2.13. The number of hydrogen-bond donors (Lipinski definition) is 0. The molecular weight excluding hydrogens is 136 g/mol. The van der Waals surface area contributed by atoms with E-state index in [4.69, 9.17) is 4.42 Å².